The molecule has 76 valence electrons. The molecule has 1 aromatic carbocycles. The topological polar surface area (TPSA) is 83.5 Å². The molecule has 0 amide bonds. The van der Waals surface area contributed by atoms with Gasteiger partial charge in [-0.2, -0.15) is 0 Å². The number of benzene rings is 1. The van der Waals surface area contributed by atoms with Crippen molar-refractivity contribution in [2.45, 2.75) is 12.5 Å². The zero-order valence-electron chi connectivity index (χ0n) is 7.27. The van der Waals surface area contributed by atoms with E-state index in [2.05, 4.69) is 15.9 Å². The van der Waals surface area contributed by atoms with Gasteiger partial charge in [-0.15, -0.1) is 0 Å². The number of aliphatic carboxylic acids is 1. The number of aromatic hydroxyl groups is 1. The molecule has 0 aromatic heterocycles. The van der Waals surface area contributed by atoms with Crippen molar-refractivity contribution in [3.05, 3.63) is 28.2 Å². The van der Waals surface area contributed by atoms with E-state index in [-0.39, 0.29) is 12.2 Å². The van der Waals surface area contributed by atoms with Crippen molar-refractivity contribution in [3.63, 3.8) is 0 Å². The number of carboxylic acid groups (broad SMARTS) is 1. The standard InChI is InChI=1S/C9H10BrNO3/c10-6-2-1-3-8(12)5(6)4-7(11)9(13)14/h1-3,7,12H,4,11H2,(H,13,14). The summed E-state index contributed by atoms with van der Waals surface area (Å²) in [6.07, 6.45) is 0.0998. The summed E-state index contributed by atoms with van der Waals surface area (Å²) >= 11 is 3.22. The van der Waals surface area contributed by atoms with Crippen molar-refractivity contribution >= 4 is 21.9 Å². The minimum atomic E-state index is -1.08. The Morgan fingerprint density at radius 3 is 2.71 bits per heavy atom. The van der Waals surface area contributed by atoms with E-state index in [1.54, 1.807) is 12.1 Å². The Bertz CT molecular complexity index is 334. The van der Waals surface area contributed by atoms with Gasteiger partial charge in [0.2, 0.25) is 0 Å². The number of phenols is 1. The lowest BCUT2D eigenvalue weighted by atomic mass is 10.1. The van der Waals surface area contributed by atoms with Crippen LogP contribution in [-0.2, 0) is 11.2 Å². The molecule has 1 unspecified atom stereocenters. The molecule has 0 bridgehead atoms. The van der Waals surface area contributed by atoms with Crippen LogP contribution in [0.25, 0.3) is 0 Å². The normalized spacial score (nSPS) is 12.4. The minimum Gasteiger partial charge on any atom is -0.508 e. The molecule has 4 N–H and O–H groups in total. The van der Waals surface area contributed by atoms with Gasteiger partial charge in [-0.25, -0.2) is 0 Å². The van der Waals surface area contributed by atoms with Crippen molar-refractivity contribution < 1.29 is 15.0 Å². The molecule has 0 aliphatic rings. The summed E-state index contributed by atoms with van der Waals surface area (Å²) in [6, 6.07) is 3.88. The summed E-state index contributed by atoms with van der Waals surface area (Å²) in [5.74, 6) is -1.03. The highest BCUT2D eigenvalue weighted by Crippen LogP contribution is 2.26. The molecule has 1 atom stereocenters. The lowest BCUT2D eigenvalue weighted by Crippen LogP contribution is -2.32. The third kappa shape index (κ3) is 2.46. The summed E-state index contributed by atoms with van der Waals surface area (Å²) in [5.41, 5.74) is 5.87. The van der Waals surface area contributed by atoms with E-state index in [0.717, 1.165) is 0 Å². The first-order valence-corrected chi connectivity index (χ1v) is 4.76. The first kappa shape index (κ1) is 11.0. The van der Waals surface area contributed by atoms with Crippen LogP contribution < -0.4 is 5.73 Å². The van der Waals surface area contributed by atoms with Gasteiger partial charge in [0.05, 0.1) is 0 Å². The molecule has 1 rings (SSSR count). The molecule has 0 aliphatic heterocycles. The molecule has 0 fully saturated rings. The van der Waals surface area contributed by atoms with Crippen LogP contribution in [0.2, 0.25) is 0 Å². The third-order valence-electron chi connectivity index (χ3n) is 1.84. The number of halogens is 1. The van der Waals surface area contributed by atoms with E-state index in [0.29, 0.717) is 10.0 Å². The SMILES string of the molecule is NC(Cc1c(O)cccc1Br)C(=O)O. The summed E-state index contributed by atoms with van der Waals surface area (Å²) in [6.45, 7) is 0. The molecular formula is C9H10BrNO3. The summed E-state index contributed by atoms with van der Waals surface area (Å²) < 4.78 is 0.661. The van der Waals surface area contributed by atoms with Crippen LogP contribution in [-0.4, -0.2) is 22.2 Å². The molecule has 0 saturated carbocycles. The number of carboxylic acids is 1. The van der Waals surface area contributed by atoms with E-state index in [4.69, 9.17) is 10.8 Å². The Morgan fingerprint density at radius 2 is 2.21 bits per heavy atom. The Morgan fingerprint density at radius 1 is 1.57 bits per heavy atom. The van der Waals surface area contributed by atoms with E-state index >= 15 is 0 Å². The summed E-state index contributed by atoms with van der Waals surface area (Å²) in [7, 11) is 0. The molecule has 4 nitrogen and oxygen atoms in total. The molecule has 0 radical (unpaired) electrons. The third-order valence-corrected chi connectivity index (χ3v) is 2.58. The van der Waals surface area contributed by atoms with Crippen LogP contribution in [0.4, 0.5) is 0 Å². The van der Waals surface area contributed by atoms with Gasteiger partial charge < -0.3 is 15.9 Å². The number of hydrogen-bond donors (Lipinski definition) is 3. The fourth-order valence-corrected chi connectivity index (χ4v) is 1.57. The monoisotopic (exact) mass is 259 g/mol. The minimum absolute atomic E-state index is 0.0519. The van der Waals surface area contributed by atoms with Crippen LogP contribution >= 0.6 is 15.9 Å². The number of hydrogen-bond acceptors (Lipinski definition) is 3. The quantitative estimate of drug-likeness (QED) is 0.760. The highest BCUT2D eigenvalue weighted by atomic mass is 79.9. The average molecular weight is 260 g/mol. The number of phenolic OH excluding ortho intramolecular Hbond substituents is 1. The van der Waals surface area contributed by atoms with Gasteiger partial charge in [0.15, 0.2) is 0 Å². The molecule has 0 heterocycles. The maximum absolute atomic E-state index is 10.5. The van der Waals surface area contributed by atoms with Crippen LogP contribution in [0.1, 0.15) is 5.56 Å². The van der Waals surface area contributed by atoms with Crippen LogP contribution in [0.15, 0.2) is 22.7 Å². The number of nitrogens with two attached hydrogens (primary N) is 1. The molecule has 5 heteroatoms. The molecule has 0 saturated heterocycles. The van der Waals surface area contributed by atoms with Crippen molar-refractivity contribution in [1.29, 1.82) is 0 Å². The van der Waals surface area contributed by atoms with E-state index < -0.39 is 12.0 Å². The van der Waals surface area contributed by atoms with Gasteiger partial charge in [-0.1, -0.05) is 22.0 Å². The number of rotatable bonds is 3. The summed E-state index contributed by atoms with van der Waals surface area (Å²) in [5, 5.41) is 18.0. The Hall–Kier alpha value is -1.07. The maximum Gasteiger partial charge on any atom is 0.320 e. The van der Waals surface area contributed by atoms with Crippen molar-refractivity contribution in [3.8, 4) is 5.75 Å². The van der Waals surface area contributed by atoms with E-state index in [9.17, 15) is 9.90 Å². The Labute approximate surface area is 89.5 Å². The highest BCUT2D eigenvalue weighted by molar-refractivity contribution is 9.10. The van der Waals surface area contributed by atoms with Gasteiger partial charge in [0, 0.05) is 16.5 Å². The maximum atomic E-state index is 10.5. The molecule has 1 aromatic rings. The number of carbonyl (C=O) groups is 1. The van der Waals surface area contributed by atoms with Gasteiger partial charge in [0.25, 0.3) is 0 Å². The van der Waals surface area contributed by atoms with Crippen LogP contribution in [0.5, 0.6) is 5.75 Å². The van der Waals surface area contributed by atoms with Crippen LogP contribution in [0.3, 0.4) is 0 Å². The zero-order valence-corrected chi connectivity index (χ0v) is 8.86. The van der Waals surface area contributed by atoms with E-state index in [1.165, 1.54) is 6.07 Å². The smallest absolute Gasteiger partial charge is 0.320 e. The van der Waals surface area contributed by atoms with Gasteiger partial charge in [-0.3, -0.25) is 4.79 Å². The largest absolute Gasteiger partial charge is 0.508 e. The lowest BCUT2D eigenvalue weighted by Gasteiger charge is -2.09. The molecule has 0 spiro atoms. The second kappa shape index (κ2) is 4.43. The molecule has 14 heavy (non-hydrogen) atoms. The second-order valence-electron chi connectivity index (χ2n) is 2.89. The predicted octanol–water partition coefficient (Wildman–Crippen LogP) is 1.11. The van der Waals surface area contributed by atoms with Gasteiger partial charge in [-0.05, 0) is 12.1 Å². The lowest BCUT2D eigenvalue weighted by molar-refractivity contribution is -0.138. The van der Waals surface area contributed by atoms with Crippen molar-refractivity contribution in [2.75, 3.05) is 0 Å². The van der Waals surface area contributed by atoms with Crippen molar-refractivity contribution in [1.82, 2.24) is 0 Å². The zero-order chi connectivity index (χ0) is 10.7. The fraction of sp³-hybridized carbons (Fsp3) is 0.222. The highest BCUT2D eigenvalue weighted by Gasteiger charge is 2.16. The summed E-state index contributed by atoms with van der Waals surface area (Å²) in [4.78, 5) is 10.5. The first-order valence-electron chi connectivity index (χ1n) is 3.97. The molecule has 0 aliphatic carbocycles. The second-order valence-corrected chi connectivity index (χ2v) is 3.74. The predicted molar refractivity (Wildman–Crippen MR) is 55.1 cm³/mol. The van der Waals surface area contributed by atoms with E-state index in [1.807, 2.05) is 0 Å². The van der Waals surface area contributed by atoms with Gasteiger partial charge in [0.1, 0.15) is 11.8 Å². The average Bonchev–Trinajstić information content (AvgIpc) is 2.11. The fourth-order valence-electron chi connectivity index (χ4n) is 1.06. The van der Waals surface area contributed by atoms with Crippen molar-refractivity contribution in [2.24, 2.45) is 5.73 Å². The first-order chi connectivity index (χ1) is 6.52. The van der Waals surface area contributed by atoms with Gasteiger partial charge >= 0.3 is 5.97 Å². The Balaban J connectivity index is 2.91. The molecular weight excluding hydrogens is 250 g/mol. The Kier molecular flexibility index (Phi) is 3.49. The van der Waals surface area contributed by atoms with Crippen LogP contribution in [0, 0.1) is 0 Å².